The Labute approximate surface area is 207 Å². The van der Waals surface area contributed by atoms with Crippen LogP contribution in [0, 0.1) is 5.92 Å². The minimum Gasteiger partial charge on any atom is -0.491 e. The van der Waals surface area contributed by atoms with Crippen molar-refractivity contribution in [3.05, 3.63) is 65.2 Å². The quantitative estimate of drug-likeness (QED) is 0.362. The van der Waals surface area contributed by atoms with Gasteiger partial charge in [0, 0.05) is 26.0 Å². The summed E-state index contributed by atoms with van der Waals surface area (Å²) in [5.41, 5.74) is 6.94. The van der Waals surface area contributed by atoms with Crippen LogP contribution in [0.25, 0.3) is 0 Å². The maximum atomic E-state index is 11.2. The number of amides is 1. The number of aliphatic hydroxyl groups is 1. The molecule has 7 heteroatoms. The Morgan fingerprint density at radius 1 is 1.03 bits per heavy atom. The summed E-state index contributed by atoms with van der Waals surface area (Å²) in [5.74, 6) is 1.52. The van der Waals surface area contributed by atoms with Gasteiger partial charge in [0.25, 0.3) is 0 Å². The Morgan fingerprint density at radius 3 is 2.46 bits per heavy atom. The lowest BCUT2D eigenvalue weighted by Gasteiger charge is -2.24. The number of nitrogens with one attached hydrogen (secondary N) is 2. The predicted molar refractivity (Wildman–Crippen MR) is 137 cm³/mol. The highest BCUT2D eigenvalue weighted by Gasteiger charge is 2.17. The van der Waals surface area contributed by atoms with Crippen molar-refractivity contribution in [3.63, 3.8) is 0 Å². The van der Waals surface area contributed by atoms with E-state index in [4.69, 9.17) is 9.47 Å². The van der Waals surface area contributed by atoms with Gasteiger partial charge in [0.15, 0.2) is 0 Å². The van der Waals surface area contributed by atoms with Crippen LogP contribution in [0.5, 0.6) is 5.75 Å². The largest absolute Gasteiger partial charge is 0.491 e. The minimum atomic E-state index is -0.573. The number of carbonyl (C=O) groups is 1. The van der Waals surface area contributed by atoms with Gasteiger partial charge in [0.1, 0.15) is 18.5 Å². The van der Waals surface area contributed by atoms with E-state index in [-0.39, 0.29) is 12.5 Å². The molecule has 1 unspecified atom stereocenters. The average molecular weight is 480 g/mol. The topological polar surface area (TPSA) is 92.2 Å². The third-order valence-electron chi connectivity index (χ3n) is 6.64. The van der Waals surface area contributed by atoms with Gasteiger partial charge in [0.05, 0.1) is 12.3 Å². The fourth-order valence-electron chi connectivity index (χ4n) is 4.15. The van der Waals surface area contributed by atoms with Gasteiger partial charge in [-0.1, -0.05) is 42.8 Å². The maximum absolute atomic E-state index is 11.2. The SMILES string of the molecule is O=C1CCC(c2ccc(CCNCC(O)COc3ccc(CCOCC4CCC4)cc3)cc2)=NN1. The zero-order valence-corrected chi connectivity index (χ0v) is 20.4. The average Bonchev–Trinajstić information content (AvgIpc) is 2.86. The molecule has 1 heterocycles. The Kier molecular flexibility index (Phi) is 9.69. The monoisotopic (exact) mass is 479 g/mol. The number of aliphatic hydroxyl groups excluding tert-OH is 1. The number of carbonyl (C=O) groups excluding carboxylic acids is 1. The van der Waals surface area contributed by atoms with E-state index < -0.39 is 6.10 Å². The molecule has 2 aromatic rings. The number of nitrogens with zero attached hydrogens (tertiary/aromatic N) is 1. The van der Waals surface area contributed by atoms with Crippen molar-refractivity contribution in [2.45, 2.75) is 51.0 Å². The smallest absolute Gasteiger partial charge is 0.240 e. The van der Waals surface area contributed by atoms with Gasteiger partial charge in [-0.15, -0.1) is 0 Å². The van der Waals surface area contributed by atoms with E-state index in [1.165, 1.54) is 30.4 Å². The van der Waals surface area contributed by atoms with Crippen LogP contribution in [0.2, 0.25) is 0 Å². The van der Waals surface area contributed by atoms with Crippen molar-refractivity contribution in [1.29, 1.82) is 0 Å². The standard InChI is InChI=1S/C28H37N3O4/c32-25(20-35-26-10-6-22(7-11-26)15-17-34-19-23-2-1-3-23)18-29-16-14-21-4-8-24(9-5-21)27-12-13-28(33)31-30-27/h4-11,23,25,29,32H,1-3,12-20H2,(H,31,33). The Morgan fingerprint density at radius 2 is 1.77 bits per heavy atom. The highest BCUT2D eigenvalue weighted by molar-refractivity contribution is 6.04. The molecule has 0 aromatic heterocycles. The summed E-state index contributed by atoms with van der Waals surface area (Å²) in [6.07, 6.45) is 6.36. The van der Waals surface area contributed by atoms with Gasteiger partial charge >= 0.3 is 0 Å². The molecular weight excluding hydrogens is 442 g/mol. The third kappa shape index (κ3) is 8.46. The Bertz CT molecular complexity index is 955. The molecule has 1 atom stereocenters. The molecule has 7 nitrogen and oxygen atoms in total. The number of hydrazone groups is 1. The summed E-state index contributed by atoms with van der Waals surface area (Å²) in [6, 6.07) is 16.3. The van der Waals surface area contributed by atoms with Crippen molar-refractivity contribution in [3.8, 4) is 5.75 Å². The predicted octanol–water partition coefficient (Wildman–Crippen LogP) is 3.23. The van der Waals surface area contributed by atoms with Crippen molar-refractivity contribution < 1.29 is 19.4 Å². The van der Waals surface area contributed by atoms with E-state index in [0.717, 1.165) is 55.5 Å². The highest BCUT2D eigenvalue weighted by Crippen LogP contribution is 2.26. The molecule has 1 amide bonds. The first-order valence-electron chi connectivity index (χ1n) is 12.8. The van der Waals surface area contributed by atoms with Crippen molar-refractivity contribution in [1.82, 2.24) is 10.7 Å². The van der Waals surface area contributed by atoms with E-state index in [9.17, 15) is 9.90 Å². The Hall–Kier alpha value is -2.74. The van der Waals surface area contributed by atoms with Gasteiger partial charge in [0.2, 0.25) is 5.91 Å². The van der Waals surface area contributed by atoms with E-state index in [1.807, 2.05) is 24.3 Å². The molecule has 1 aliphatic heterocycles. The van der Waals surface area contributed by atoms with Crippen LogP contribution >= 0.6 is 0 Å². The van der Waals surface area contributed by atoms with E-state index >= 15 is 0 Å². The first kappa shape index (κ1) is 25.4. The molecule has 0 spiro atoms. The van der Waals surface area contributed by atoms with Crippen molar-refractivity contribution in [2.75, 3.05) is 32.9 Å². The summed E-state index contributed by atoms with van der Waals surface area (Å²) >= 11 is 0. The first-order valence-corrected chi connectivity index (χ1v) is 12.8. The molecule has 1 aliphatic carbocycles. The summed E-state index contributed by atoms with van der Waals surface area (Å²) in [4.78, 5) is 11.2. The van der Waals surface area contributed by atoms with Crippen LogP contribution in [-0.4, -0.2) is 55.7 Å². The third-order valence-corrected chi connectivity index (χ3v) is 6.64. The first-order chi connectivity index (χ1) is 17.2. The fourth-order valence-corrected chi connectivity index (χ4v) is 4.15. The lowest BCUT2D eigenvalue weighted by Crippen LogP contribution is -2.32. The molecule has 0 saturated heterocycles. The van der Waals surface area contributed by atoms with E-state index in [1.54, 1.807) is 0 Å². The zero-order chi connectivity index (χ0) is 24.3. The number of rotatable bonds is 14. The van der Waals surface area contributed by atoms with Crippen LogP contribution in [-0.2, 0) is 22.4 Å². The number of hydrogen-bond acceptors (Lipinski definition) is 6. The zero-order valence-electron chi connectivity index (χ0n) is 20.4. The molecule has 3 N–H and O–H groups in total. The van der Waals surface area contributed by atoms with Gasteiger partial charge in [-0.05, 0) is 67.0 Å². The molecule has 1 saturated carbocycles. The molecule has 2 aromatic carbocycles. The number of hydrogen-bond donors (Lipinski definition) is 3. The fraction of sp³-hybridized carbons (Fsp3) is 0.500. The molecule has 0 bridgehead atoms. The molecular formula is C28H37N3O4. The van der Waals surface area contributed by atoms with E-state index in [0.29, 0.717) is 19.4 Å². The number of ether oxygens (including phenoxy) is 2. The lowest BCUT2D eigenvalue weighted by atomic mass is 9.86. The lowest BCUT2D eigenvalue weighted by molar-refractivity contribution is -0.121. The molecule has 2 aliphatic rings. The van der Waals surface area contributed by atoms with Crippen molar-refractivity contribution in [2.24, 2.45) is 11.0 Å². The second-order valence-corrected chi connectivity index (χ2v) is 9.48. The highest BCUT2D eigenvalue weighted by atomic mass is 16.5. The normalized spacial score (nSPS) is 16.8. The van der Waals surface area contributed by atoms with Gasteiger partial charge in [-0.25, -0.2) is 5.43 Å². The number of benzene rings is 2. The van der Waals surface area contributed by atoms with Crippen LogP contribution in [0.1, 0.15) is 48.8 Å². The molecule has 35 heavy (non-hydrogen) atoms. The van der Waals surface area contributed by atoms with Crippen LogP contribution in [0.4, 0.5) is 0 Å². The summed E-state index contributed by atoms with van der Waals surface area (Å²) < 4.78 is 11.5. The second kappa shape index (κ2) is 13.4. The molecule has 0 radical (unpaired) electrons. The van der Waals surface area contributed by atoms with Crippen molar-refractivity contribution >= 4 is 11.6 Å². The van der Waals surface area contributed by atoms with Gasteiger partial charge in [-0.3, -0.25) is 4.79 Å². The van der Waals surface area contributed by atoms with Crippen LogP contribution in [0.3, 0.4) is 0 Å². The molecule has 4 rings (SSSR count). The Balaban J connectivity index is 1.06. The van der Waals surface area contributed by atoms with Crippen LogP contribution < -0.4 is 15.5 Å². The summed E-state index contributed by atoms with van der Waals surface area (Å²) in [5, 5.41) is 17.7. The maximum Gasteiger partial charge on any atom is 0.240 e. The molecule has 1 fully saturated rings. The second-order valence-electron chi connectivity index (χ2n) is 9.48. The molecule has 188 valence electrons. The van der Waals surface area contributed by atoms with Gasteiger partial charge in [-0.2, -0.15) is 5.10 Å². The van der Waals surface area contributed by atoms with E-state index in [2.05, 4.69) is 40.1 Å². The summed E-state index contributed by atoms with van der Waals surface area (Å²) in [6.45, 7) is 3.16. The van der Waals surface area contributed by atoms with Gasteiger partial charge < -0.3 is 19.9 Å². The summed E-state index contributed by atoms with van der Waals surface area (Å²) in [7, 11) is 0. The van der Waals surface area contributed by atoms with Crippen LogP contribution in [0.15, 0.2) is 53.6 Å². The minimum absolute atomic E-state index is 0.0302.